The lowest BCUT2D eigenvalue weighted by molar-refractivity contribution is 0.167. The van der Waals surface area contributed by atoms with Crippen LogP contribution in [0, 0.1) is 0 Å². The van der Waals surface area contributed by atoms with Gasteiger partial charge in [-0.2, -0.15) is 0 Å². The van der Waals surface area contributed by atoms with E-state index in [1.807, 2.05) is 19.1 Å². The summed E-state index contributed by atoms with van der Waals surface area (Å²) >= 11 is 5.91. The van der Waals surface area contributed by atoms with Crippen molar-refractivity contribution in [3.63, 3.8) is 0 Å². The molecule has 0 aliphatic rings. The molecule has 0 aliphatic heterocycles. The van der Waals surface area contributed by atoms with Crippen LogP contribution in [-0.4, -0.2) is 24.9 Å². The largest absolute Gasteiger partial charge is 0.496 e. The second-order valence-electron chi connectivity index (χ2n) is 3.65. The lowest BCUT2D eigenvalue weighted by Gasteiger charge is -2.12. The molecule has 1 aromatic carbocycles. The zero-order valence-electron chi connectivity index (χ0n) is 9.66. The Hall–Kier alpha value is -0.770. The first-order valence-corrected chi connectivity index (χ1v) is 5.76. The molecule has 1 atom stereocenters. The van der Waals surface area contributed by atoms with Crippen molar-refractivity contribution in [2.75, 3.05) is 13.7 Å². The highest BCUT2D eigenvalue weighted by atomic mass is 35.5. The molecular formula is C12H18ClNO2. The summed E-state index contributed by atoms with van der Waals surface area (Å²) in [7, 11) is 1.63. The first kappa shape index (κ1) is 13.3. The summed E-state index contributed by atoms with van der Waals surface area (Å²) in [4.78, 5) is 0. The van der Waals surface area contributed by atoms with Gasteiger partial charge in [0.25, 0.3) is 0 Å². The van der Waals surface area contributed by atoms with E-state index < -0.39 is 0 Å². The van der Waals surface area contributed by atoms with Gasteiger partial charge in [-0.1, -0.05) is 18.5 Å². The van der Waals surface area contributed by atoms with Gasteiger partial charge in [0.15, 0.2) is 0 Å². The van der Waals surface area contributed by atoms with Crippen LogP contribution in [0.1, 0.15) is 18.9 Å². The molecular weight excluding hydrogens is 226 g/mol. The third-order valence-corrected chi connectivity index (χ3v) is 2.64. The van der Waals surface area contributed by atoms with Crippen LogP contribution in [0.25, 0.3) is 0 Å². The van der Waals surface area contributed by atoms with Gasteiger partial charge < -0.3 is 15.2 Å². The van der Waals surface area contributed by atoms with E-state index in [-0.39, 0.29) is 6.10 Å². The quantitative estimate of drug-likeness (QED) is 0.805. The SMILES string of the molecule is CCC(O)CNCc1cc(Cl)ccc1OC. The van der Waals surface area contributed by atoms with Gasteiger partial charge in [-0.05, 0) is 24.6 Å². The maximum atomic E-state index is 9.40. The van der Waals surface area contributed by atoms with Gasteiger partial charge in [0.2, 0.25) is 0 Å². The fourth-order valence-electron chi connectivity index (χ4n) is 1.40. The first-order valence-electron chi connectivity index (χ1n) is 5.38. The summed E-state index contributed by atoms with van der Waals surface area (Å²) in [6.45, 7) is 3.17. The van der Waals surface area contributed by atoms with E-state index in [2.05, 4.69) is 5.32 Å². The van der Waals surface area contributed by atoms with Gasteiger partial charge in [0, 0.05) is 23.7 Å². The highest BCUT2D eigenvalue weighted by Crippen LogP contribution is 2.22. The van der Waals surface area contributed by atoms with Crippen LogP contribution in [0.3, 0.4) is 0 Å². The van der Waals surface area contributed by atoms with Gasteiger partial charge in [-0.3, -0.25) is 0 Å². The Balaban J connectivity index is 2.55. The number of methoxy groups -OCH3 is 1. The molecule has 3 nitrogen and oxygen atoms in total. The number of hydrogen-bond acceptors (Lipinski definition) is 3. The van der Waals surface area contributed by atoms with E-state index in [0.29, 0.717) is 18.1 Å². The monoisotopic (exact) mass is 243 g/mol. The Morgan fingerprint density at radius 3 is 2.88 bits per heavy atom. The maximum Gasteiger partial charge on any atom is 0.123 e. The molecule has 1 aromatic rings. The first-order chi connectivity index (χ1) is 7.67. The molecule has 0 spiro atoms. The van der Waals surface area contributed by atoms with Crippen molar-refractivity contribution in [3.8, 4) is 5.75 Å². The van der Waals surface area contributed by atoms with Gasteiger partial charge in [0.05, 0.1) is 13.2 Å². The summed E-state index contributed by atoms with van der Waals surface area (Å²) in [5.41, 5.74) is 0.998. The van der Waals surface area contributed by atoms with Gasteiger partial charge in [-0.15, -0.1) is 0 Å². The third-order valence-electron chi connectivity index (χ3n) is 2.41. The number of aliphatic hydroxyl groups excluding tert-OH is 1. The van der Waals surface area contributed by atoms with E-state index in [9.17, 15) is 5.11 Å². The molecule has 0 fully saturated rings. The molecule has 1 unspecified atom stereocenters. The molecule has 4 heteroatoms. The number of rotatable bonds is 6. The third kappa shape index (κ3) is 4.00. The van der Waals surface area contributed by atoms with Crippen LogP contribution in [0.4, 0.5) is 0 Å². The van der Waals surface area contributed by atoms with E-state index in [0.717, 1.165) is 17.7 Å². The second kappa shape index (κ2) is 6.74. The van der Waals surface area contributed by atoms with Crippen LogP contribution < -0.4 is 10.1 Å². The fourth-order valence-corrected chi connectivity index (χ4v) is 1.60. The number of benzene rings is 1. The average molecular weight is 244 g/mol. The van der Waals surface area contributed by atoms with Crippen molar-refractivity contribution in [2.24, 2.45) is 0 Å². The smallest absolute Gasteiger partial charge is 0.123 e. The molecule has 0 saturated carbocycles. The summed E-state index contributed by atoms with van der Waals surface area (Å²) in [5.74, 6) is 0.808. The maximum absolute atomic E-state index is 9.40. The number of nitrogens with one attached hydrogen (secondary N) is 1. The number of halogens is 1. The van der Waals surface area contributed by atoms with Gasteiger partial charge in [0.1, 0.15) is 5.75 Å². The average Bonchev–Trinajstić information content (AvgIpc) is 2.29. The summed E-state index contributed by atoms with van der Waals surface area (Å²) in [6, 6.07) is 5.51. The Labute approximate surface area is 101 Å². The minimum absolute atomic E-state index is 0.301. The number of aliphatic hydroxyl groups is 1. The minimum Gasteiger partial charge on any atom is -0.496 e. The Morgan fingerprint density at radius 2 is 2.25 bits per heavy atom. The van der Waals surface area contributed by atoms with E-state index in [1.54, 1.807) is 13.2 Å². The Kier molecular flexibility index (Phi) is 5.60. The second-order valence-corrected chi connectivity index (χ2v) is 4.09. The molecule has 1 rings (SSSR count). The fraction of sp³-hybridized carbons (Fsp3) is 0.500. The van der Waals surface area contributed by atoms with Crippen LogP contribution in [0.15, 0.2) is 18.2 Å². The molecule has 0 bridgehead atoms. The molecule has 90 valence electrons. The molecule has 2 N–H and O–H groups in total. The molecule has 0 amide bonds. The highest BCUT2D eigenvalue weighted by Gasteiger charge is 2.05. The lowest BCUT2D eigenvalue weighted by atomic mass is 10.2. The van der Waals surface area contributed by atoms with Crippen molar-refractivity contribution >= 4 is 11.6 Å². The highest BCUT2D eigenvalue weighted by molar-refractivity contribution is 6.30. The Morgan fingerprint density at radius 1 is 1.50 bits per heavy atom. The molecule has 0 aromatic heterocycles. The van der Waals surface area contributed by atoms with Crippen molar-refractivity contribution in [2.45, 2.75) is 26.0 Å². The minimum atomic E-state index is -0.301. The molecule has 0 aliphatic carbocycles. The van der Waals surface area contributed by atoms with Crippen LogP contribution in [-0.2, 0) is 6.54 Å². The topological polar surface area (TPSA) is 41.5 Å². The molecule has 0 saturated heterocycles. The summed E-state index contributed by atoms with van der Waals surface area (Å²) in [6.07, 6.45) is 0.449. The van der Waals surface area contributed by atoms with Crippen molar-refractivity contribution in [3.05, 3.63) is 28.8 Å². The lowest BCUT2D eigenvalue weighted by Crippen LogP contribution is -2.25. The van der Waals surface area contributed by atoms with Crippen LogP contribution >= 0.6 is 11.6 Å². The summed E-state index contributed by atoms with van der Waals surface area (Å²) in [5, 5.41) is 13.3. The molecule has 16 heavy (non-hydrogen) atoms. The van der Waals surface area contributed by atoms with E-state index in [1.165, 1.54) is 0 Å². The predicted octanol–water partition coefficient (Wildman–Crippen LogP) is 2.21. The zero-order chi connectivity index (χ0) is 12.0. The standard InChI is InChI=1S/C12H18ClNO2/c1-3-11(15)8-14-7-9-6-10(13)4-5-12(9)16-2/h4-6,11,14-15H,3,7-8H2,1-2H3. The molecule has 0 heterocycles. The van der Waals surface area contributed by atoms with Crippen molar-refractivity contribution in [1.29, 1.82) is 0 Å². The molecule has 0 radical (unpaired) electrons. The zero-order valence-corrected chi connectivity index (χ0v) is 10.4. The number of ether oxygens (including phenoxy) is 1. The van der Waals surface area contributed by atoms with Gasteiger partial charge in [-0.25, -0.2) is 0 Å². The normalized spacial score (nSPS) is 12.5. The predicted molar refractivity (Wildman–Crippen MR) is 66.0 cm³/mol. The van der Waals surface area contributed by atoms with Crippen LogP contribution in [0.2, 0.25) is 5.02 Å². The number of hydrogen-bond donors (Lipinski definition) is 2. The van der Waals surface area contributed by atoms with E-state index in [4.69, 9.17) is 16.3 Å². The van der Waals surface area contributed by atoms with Crippen LogP contribution in [0.5, 0.6) is 5.75 Å². The summed E-state index contributed by atoms with van der Waals surface area (Å²) < 4.78 is 5.22. The van der Waals surface area contributed by atoms with Gasteiger partial charge >= 0.3 is 0 Å². The van der Waals surface area contributed by atoms with Crippen molar-refractivity contribution in [1.82, 2.24) is 5.32 Å². The van der Waals surface area contributed by atoms with E-state index >= 15 is 0 Å². The Bertz CT molecular complexity index is 331. The van der Waals surface area contributed by atoms with Crippen molar-refractivity contribution < 1.29 is 9.84 Å².